The number of alkyl carbamates (subject to hydrolysis) is 1. The van der Waals surface area contributed by atoms with Crippen molar-refractivity contribution in [2.24, 2.45) is 0 Å². The lowest BCUT2D eigenvalue weighted by atomic mass is 10.0. The van der Waals surface area contributed by atoms with E-state index in [-0.39, 0.29) is 36.2 Å². The molecule has 2 aromatic heterocycles. The SMILES string of the molecule is C=Cc1cc2nc(C(=O)Nc3cnccc3N3CCC[C@H](NC(=O)OCc4ccccc4)C3)c(NC(=O)OCc3ccccc3)cc2cc1F. The maximum Gasteiger partial charge on any atom is 0.412 e. The van der Waals surface area contributed by atoms with Gasteiger partial charge < -0.3 is 25.0 Å². The van der Waals surface area contributed by atoms with Crippen LogP contribution in [0.1, 0.15) is 40.0 Å². The first kappa shape index (κ1) is 33.6. The second-order valence-corrected chi connectivity index (χ2v) is 11.7. The third-order valence-electron chi connectivity index (χ3n) is 8.16. The van der Waals surface area contributed by atoms with E-state index in [0.717, 1.165) is 24.0 Å². The highest BCUT2D eigenvalue weighted by molar-refractivity contribution is 6.11. The fourth-order valence-electron chi connectivity index (χ4n) is 5.69. The molecule has 0 spiro atoms. The lowest BCUT2D eigenvalue weighted by molar-refractivity contribution is 0.102. The average Bonchev–Trinajstić information content (AvgIpc) is 3.14. The van der Waals surface area contributed by atoms with Crippen molar-refractivity contribution in [3.05, 3.63) is 132 Å². The predicted molar refractivity (Wildman–Crippen MR) is 189 cm³/mol. The van der Waals surface area contributed by atoms with Crippen LogP contribution >= 0.6 is 0 Å². The van der Waals surface area contributed by atoms with Gasteiger partial charge in [-0.25, -0.2) is 19.0 Å². The molecule has 6 rings (SSSR count). The molecule has 0 radical (unpaired) electrons. The molecule has 3 amide bonds. The highest BCUT2D eigenvalue weighted by atomic mass is 19.1. The van der Waals surface area contributed by atoms with Gasteiger partial charge in [-0.05, 0) is 48.2 Å². The average molecular weight is 675 g/mol. The van der Waals surface area contributed by atoms with Crippen molar-refractivity contribution >= 4 is 52.1 Å². The monoisotopic (exact) mass is 674 g/mol. The molecule has 254 valence electrons. The quantitative estimate of drug-likeness (QED) is 0.140. The summed E-state index contributed by atoms with van der Waals surface area (Å²) in [5, 5.41) is 8.81. The molecule has 1 aliphatic rings. The van der Waals surface area contributed by atoms with Gasteiger partial charge in [0, 0.05) is 36.3 Å². The van der Waals surface area contributed by atoms with E-state index in [9.17, 15) is 18.8 Å². The number of anilines is 3. The molecule has 50 heavy (non-hydrogen) atoms. The highest BCUT2D eigenvalue weighted by Gasteiger charge is 2.25. The summed E-state index contributed by atoms with van der Waals surface area (Å²) in [5.41, 5.74) is 3.20. The molecule has 3 aromatic carbocycles. The minimum Gasteiger partial charge on any atom is -0.445 e. The molecule has 0 bridgehead atoms. The van der Waals surface area contributed by atoms with E-state index in [1.165, 1.54) is 30.5 Å². The summed E-state index contributed by atoms with van der Waals surface area (Å²) in [4.78, 5) is 50.2. The number of amides is 3. The summed E-state index contributed by atoms with van der Waals surface area (Å²) in [6.07, 6.45) is 4.71. The molecule has 0 aliphatic carbocycles. The molecule has 0 saturated carbocycles. The normalized spacial score (nSPS) is 14.0. The molecule has 12 heteroatoms. The van der Waals surface area contributed by atoms with Gasteiger partial charge in [-0.3, -0.25) is 15.1 Å². The first-order valence-electron chi connectivity index (χ1n) is 16.1. The van der Waals surface area contributed by atoms with Crippen LogP contribution in [0, 0.1) is 5.82 Å². The van der Waals surface area contributed by atoms with Crippen molar-refractivity contribution in [3.63, 3.8) is 0 Å². The van der Waals surface area contributed by atoms with Gasteiger partial charge >= 0.3 is 12.2 Å². The Hall–Kier alpha value is -6.30. The zero-order valence-electron chi connectivity index (χ0n) is 27.1. The fourth-order valence-corrected chi connectivity index (χ4v) is 5.69. The minimum atomic E-state index is -0.816. The second kappa shape index (κ2) is 15.7. The summed E-state index contributed by atoms with van der Waals surface area (Å²) in [5.74, 6) is -1.16. The van der Waals surface area contributed by atoms with E-state index < -0.39 is 23.9 Å². The number of hydrogen-bond donors (Lipinski definition) is 3. The summed E-state index contributed by atoms with van der Waals surface area (Å²) in [7, 11) is 0. The third-order valence-corrected chi connectivity index (χ3v) is 8.16. The van der Waals surface area contributed by atoms with Crippen LogP contribution in [-0.2, 0) is 22.7 Å². The number of fused-ring (bicyclic) bond motifs is 1. The summed E-state index contributed by atoms with van der Waals surface area (Å²) in [6, 6.07) is 24.4. The topological polar surface area (TPSA) is 135 Å². The molecule has 0 unspecified atom stereocenters. The van der Waals surface area contributed by atoms with Gasteiger partial charge in [-0.15, -0.1) is 0 Å². The van der Waals surface area contributed by atoms with Crippen molar-refractivity contribution in [2.45, 2.75) is 32.1 Å². The van der Waals surface area contributed by atoms with Gasteiger partial charge in [0.1, 0.15) is 19.0 Å². The maximum absolute atomic E-state index is 14.7. The van der Waals surface area contributed by atoms with Crippen molar-refractivity contribution in [3.8, 4) is 0 Å². The van der Waals surface area contributed by atoms with E-state index in [2.05, 4.69) is 37.4 Å². The van der Waals surface area contributed by atoms with Gasteiger partial charge in [0.25, 0.3) is 5.91 Å². The van der Waals surface area contributed by atoms with Crippen molar-refractivity contribution < 1.29 is 28.2 Å². The summed E-state index contributed by atoms with van der Waals surface area (Å²) < 4.78 is 25.5. The number of rotatable bonds is 10. The number of benzene rings is 3. The number of ether oxygens (including phenoxy) is 2. The summed E-state index contributed by atoms with van der Waals surface area (Å²) in [6.45, 7) is 4.96. The van der Waals surface area contributed by atoms with Crippen molar-refractivity contribution in [1.82, 2.24) is 15.3 Å². The number of hydrogen-bond acceptors (Lipinski definition) is 8. The fraction of sp³-hybridized carbons (Fsp3) is 0.184. The summed E-state index contributed by atoms with van der Waals surface area (Å²) >= 11 is 0. The molecular formula is C38H35FN6O5. The van der Waals surface area contributed by atoms with Crippen LogP contribution in [0.2, 0.25) is 0 Å². The van der Waals surface area contributed by atoms with Crippen LogP contribution in [0.25, 0.3) is 17.0 Å². The Morgan fingerprint density at radius 1 is 0.900 bits per heavy atom. The molecule has 5 aromatic rings. The Kier molecular flexibility index (Phi) is 10.6. The van der Waals surface area contributed by atoms with Gasteiger partial charge in [0.05, 0.1) is 28.8 Å². The Morgan fingerprint density at radius 3 is 2.30 bits per heavy atom. The van der Waals surface area contributed by atoms with Crippen molar-refractivity contribution in [2.75, 3.05) is 28.6 Å². The standard InChI is InChI=1S/C38H35FN6O5/c1-2-27-19-31-28(18-30(27)39)20-32(44-38(48)50-24-26-12-7-4-8-13-26)35(42-31)36(46)43-33-21-40-16-15-34(33)45-17-9-14-29(22-45)41-37(47)49-23-25-10-5-3-6-11-25/h2-8,10-13,15-16,18-21,29H,1,9,14,17,22-24H2,(H,41,47)(H,43,46)(H,44,48)/t29-/m0/s1. The number of aromatic nitrogens is 2. The van der Waals surface area contributed by atoms with Gasteiger partial charge in [-0.1, -0.05) is 73.3 Å². The number of pyridine rings is 2. The lowest BCUT2D eigenvalue weighted by Gasteiger charge is -2.35. The number of nitrogens with one attached hydrogen (secondary N) is 3. The first-order chi connectivity index (χ1) is 24.4. The van der Waals surface area contributed by atoms with E-state index in [1.54, 1.807) is 12.3 Å². The second-order valence-electron chi connectivity index (χ2n) is 11.7. The molecule has 11 nitrogen and oxygen atoms in total. The molecular weight excluding hydrogens is 639 g/mol. The van der Waals surface area contributed by atoms with Crippen LogP contribution in [0.5, 0.6) is 0 Å². The Balaban J connectivity index is 1.19. The molecule has 3 heterocycles. The molecule has 1 aliphatic heterocycles. The van der Waals surface area contributed by atoms with Crippen LogP contribution in [0.3, 0.4) is 0 Å². The number of nitrogens with zero attached hydrogens (tertiary/aromatic N) is 3. The van der Waals surface area contributed by atoms with E-state index >= 15 is 0 Å². The molecule has 1 fully saturated rings. The number of carbonyl (C=O) groups is 3. The Labute approximate surface area is 288 Å². The number of halogens is 1. The van der Waals surface area contributed by atoms with Crippen LogP contribution in [0.4, 0.5) is 31.0 Å². The smallest absolute Gasteiger partial charge is 0.412 e. The lowest BCUT2D eigenvalue weighted by Crippen LogP contribution is -2.48. The predicted octanol–water partition coefficient (Wildman–Crippen LogP) is 7.31. The number of piperidine rings is 1. The molecule has 3 N–H and O–H groups in total. The maximum atomic E-state index is 14.7. The molecule has 1 atom stereocenters. The minimum absolute atomic E-state index is 0.00200. The van der Waals surface area contributed by atoms with Gasteiger partial charge in [0.2, 0.25) is 0 Å². The van der Waals surface area contributed by atoms with E-state index in [0.29, 0.717) is 35.4 Å². The van der Waals surface area contributed by atoms with Crippen LogP contribution in [0.15, 0.2) is 104 Å². The molecule has 1 saturated heterocycles. The zero-order valence-corrected chi connectivity index (χ0v) is 27.1. The van der Waals surface area contributed by atoms with Crippen molar-refractivity contribution in [1.29, 1.82) is 0 Å². The Morgan fingerprint density at radius 2 is 1.60 bits per heavy atom. The largest absolute Gasteiger partial charge is 0.445 e. The van der Waals surface area contributed by atoms with Crippen LogP contribution in [-0.4, -0.2) is 47.2 Å². The number of carbonyl (C=O) groups excluding carboxylic acids is 3. The zero-order chi connectivity index (χ0) is 34.9. The van der Waals surface area contributed by atoms with E-state index in [1.807, 2.05) is 60.7 Å². The third kappa shape index (κ3) is 8.40. The van der Waals surface area contributed by atoms with E-state index in [4.69, 9.17) is 9.47 Å². The van der Waals surface area contributed by atoms with Gasteiger partial charge in [0.15, 0.2) is 5.69 Å². The van der Waals surface area contributed by atoms with Gasteiger partial charge in [-0.2, -0.15) is 0 Å². The first-order valence-corrected chi connectivity index (χ1v) is 16.1. The van der Waals surface area contributed by atoms with Crippen LogP contribution < -0.4 is 20.9 Å². The Bertz CT molecular complexity index is 2010. The highest BCUT2D eigenvalue weighted by Crippen LogP contribution is 2.30.